The molecule has 0 N–H and O–H groups in total. The summed E-state index contributed by atoms with van der Waals surface area (Å²) in [5.41, 5.74) is 0. The molecule has 112 valence electrons. The van der Waals surface area contributed by atoms with Gasteiger partial charge in [-0.15, -0.1) is 11.3 Å². The summed E-state index contributed by atoms with van der Waals surface area (Å²) < 4.78 is 7.28. The number of halogens is 1. The Morgan fingerprint density at radius 3 is 3.14 bits per heavy atom. The van der Waals surface area contributed by atoms with Crippen LogP contribution in [0.15, 0.2) is 42.2 Å². The minimum atomic E-state index is 0.121. The molecule has 1 saturated heterocycles. The molecule has 22 heavy (non-hydrogen) atoms. The standard InChI is InChI=1S/C16H14ClN3OS/c17-13-9-18-5-1-14(13)21-11-3-7-20(10-11)16-12-4-8-22-15(12)2-6-19-16/h1-2,4-6,8-9,11H,3,7,10H2. The molecule has 4 heterocycles. The molecular weight excluding hydrogens is 318 g/mol. The smallest absolute Gasteiger partial charge is 0.141 e. The number of hydrogen-bond donors (Lipinski definition) is 0. The first-order valence-corrected chi connectivity index (χ1v) is 8.40. The van der Waals surface area contributed by atoms with E-state index in [0.717, 1.165) is 25.3 Å². The quantitative estimate of drug-likeness (QED) is 0.727. The SMILES string of the molecule is Clc1cnccc1OC1CCN(c2nccc3sccc23)C1. The van der Waals surface area contributed by atoms with Gasteiger partial charge in [0, 0.05) is 47.7 Å². The Hall–Kier alpha value is -1.85. The van der Waals surface area contributed by atoms with Crippen LogP contribution in [0.3, 0.4) is 0 Å². The van der Waals surface area contributed by atoms with E-state index in [1.165, 1.54) is 10.1 Å². The van der Waals surface area contributed by atoms with E-state index in [1.54, 1.807) is 23.7 Å². The van der Waals surface area contributed by atoms with E-state index in [1.807, 2.05) is 12.3 Å². The van der Waals surface area contributed by atoms with Crippen molar-refractivity contribution in [3.8, 4) is 5.75 Å². The van der Waals surface area contributed by atoms with Gasteiger partial charge in [0.15, 0.2) is 0 Å². The lowest BCUT2D eigenvalue weighted by molar-refractivity contribution is 0.225. The average Bonchev–Trinajstić information content (AvgIpc) is 3.18. The van der Waals surface area contributed by atoms with E-state index in [2.05, 4.69) is 32.4 Å². The van der Waals surface area contributed by atoms with Crippen LogP contribution in [0.25, 0.3) is 10.1 Å². The van der Waals surface area contributed by atoms with E-state index in [9.17, 15) is 0 Å². The van der Waals surface area contributed by atoms with Crippen molar-refractivity contribution in [3.63, 3.8) is 0 Å². The van der Waals surface area contributed by atoms with Crippen molar-refractivity contribution in [1.29, 1.82) is 0 Å². The minimum absolute atomic E-state index is 0.121. The maximum absolute atomic E-state index is 6.11. The summed E-state index contributed by atoms with van der Waals surface area (Å²) in [6.45, 7) is 1.76. The molecule has 3 aromatic rings. The van der Waals surface area contributed by atoms with E-state index < -0.39 is 0 Å². The van der Waals surface area contributed by atoms with Crippen molar-refractivity contribution >= 4 is 38.8 Å². The van der Waals surface area contributed by atoms with Crippen LogP contribution in [0.4, 0.5) is 5.82 Å². The lowest BCUT2D eigenvalue weighted by Crippen LogP contribution is -2.25. The van der Waals surface area contributed by atoms with Crippen LogP contribution in [0.5, 0.6) is 5.75 Å². The molecule has 6 heteroatoms. The molecule has 1 aliphatic rings. The van der Waals surface area contributed by atoms with Gasteiger partial charge >= 0.3 is 0 Å². The number of fused-ring (bicyclic) bond motifs is 1. The molecule has 0 bridgehead atoms. The summed E-state index contributed by atoms with van der Waals surface area (Å²) in [7, 11) is 0. The van der Waals surface area contributed by atoms with Crippen LogP contribution in [-0.4, -0.2) is 29.2 Å². The third-order valence-electron chi connectivity index (χ3n) is 3.83. The third-order valence-corrected chi connectivity index (χ3v) is 5.00. The van der Waals surface area contributed by atoms with Crippen LogP contribution < -0.4 is 9.64 Å². The molecule has 0 radical (unpaired) electrons. The Morgan fingerprint density at radius 2 is 2.23 bits per heavy atom. The van der Waals surface area contributed by atoms with Gasteiger partial charge in [-0.3, -0.25) is 4.98 Å². The van der Waals surface area contributed by atoms with Crippen LogP contribution in [0.2, 0.25) is 5.02 Å². The van der Waals surface area contributed by atoms with E-state index in [4.69, 9.17) is 16.3 Å². The molecule has 1 atom stereocenters. The highest BCUT2D eigenvalue weighted by atomic mass is 35.5. The highest BCUT2D eigenvalue weighted by Crippen LogP contribution is 2.32. The number of nitrogens with zero attached hydrogens (tertiary/aromatic N) is 3. The zero-order valence-corrected chi connectivity index (χ0v) is 13.3. The monoisotopic (exact) mass is 331 g/mol. The summed E-state index contributed by atoms with van der Waals surface area (Å²) in [6, 6.07) is 6.00. The molecule has 4 rings (SSSR count). The largest absolute Gasteiger partial charge is 0.487 e. The van der Waals surface area contributed by atoms with Crippen LogP contribution in [0, 0.1) is 0 Å². The van der Waals surface area contributed by atoms with Gasteiger partial charge in [0.1, 0.15) is 22.7 Å². The van der Waals surface area contributed by atoms with E-state index in [0.29, 0.717) is 10.8 Å². The second kappa shape index (κ2) is 5.74. The molecule has 0 aromatic carbocycles. The number of aromatic nitrogens is 2. The van der Waals surface area contributed by atoms with Crippen molar-refractivity contribution < 1.29 is 4.74 Å². The Labute approximate surface area is 137 Å². The lowest BCUT2D eigenvalue weighted by atomic mass is 10.3. The zero-order chi connectivity index (χ0) is 14.9. The summed E-state index contributed by atoms with van der Waals surface area (Å²) in [4.78, 5) is 10.8. The summed E-state index contributed by atoms with van der Waals surface area (Å²) in [6.07, 6.45) is 6.26. The van der Waals surface area contributed by atoms with Crippen molar-refractivity contribution in [2.45, 2.75) is 12.5 Å². The topological polar surface area (TPSA) is 38.2 Å². The number of anilines is 1. The number of hydrogen-bond acceptors (Lipinski definition) is 5. The number of thiophene rings is 1. The number of rotatable bonds is 3. The predicted octanol–water partition coefficient (Wildman–Crippen LogP) is 4.00. The molecular formula is C16H14ClN3OS. The summed E-state index contributed by atoms with van der Waals surface area (Å²) >= 11 is 7.85. The van der Waals surface area contributed by atoms with Crippen molar-refractivity contribution in [1.82, 2.24) is 9.97 Å². The van der Waals surface area contributed by atoms with Crippen molar-refractivity contribution in [2.24, 2.45) is 0 Å². The molecule has 1 unspecified atom stereocenters. The van der Waals surface area contributed by atoms with Gasteiger partial charge in [-0.1, -0.05) is 11.6 Å². The molecule has 0 spiro atoms. The van der Waals surface area contributed by atoms with Crippen LogP contribution in [0.1, 0.15) is 6.42 Å². The molecule has 0 amide bonds. The fourth-order valence-corrected chi connectivity index (χ4v) is 3.73. The normalized spacial score (nSPS) is 18.0. The highest BCUT2D eigenvalue weighted by Gasteiger charge is 2.26. The van der Waals surface area contributed by atoms with Crippen LogP contribution in [-0.2, 0) is 0 Å². The lowest BCUT2D eigenvalue weighted by Gasteiger charge is -2.19. The fourth-order valence-electron chi connectivity index (χ4n) is 2.79. The van der Waals surface area contributed by atoms with Gasteiger partial charge < -0.3 is 9.64 Å². The Balaban J connectivity index is 1.53. The van der Waals surface area contributed by atoms with Gasteiger partial charge in [-0.2, -0.15) is 0 Å². The Kier molecular flexibility index (Phi) is 3.60. The maximum Gasteiger partial charge on any atom is 0.141 e. The first-order chi connectivity index (χ1) is 10.8. The number of ether oxygens (including phenoxy) is 1. The summed E-state index contributed by atoms with van der Waals surface area (Å²) in [5.74, 6) is 1.75. The van der Waals surface area contributed by atoms with Crippen molar-refractivity contribution in [2.75, 3.05) is 18.0 Å². The third kappa shape index (κ3) is 2.51. The minimum Gasteiger partial charge on any atom is -0.487 e. The Morgan fingerprint density at radius 1 is 1.27 bits per heavy atom. The zero-order valence-electron chi connectivity index (χ0n) is 11.8. The molecule has 4 nitrogen and oxygen atoms in total. The summed E-state index contributed by atoms with van der Waals surface area (Å²) in [5, 5.41) is 3.88. The molecule has 3 aromatic heterocycles. The van der Waals surface area contributed by atoms with Gasteiger partial charge in [-0.25, -0.2) is 4.98 Å². The Bertz CT molecular complexity index is 807. The molecule has 0 aliphatic carbocycles. The second-order valence-corrected chi connectivity index (χ2v) is 6.60. The highest BCUT2D eigenvalue weighted by molar-refractivity contribution is 7.17. The first-order valence-electron chi connectivity index (χ1n) is 7.14. The van der Waals surface area contributed by atoms with E-state index in [-0.39, 0.29) is 6.10 Å². The van der Waals surface area contributed by atoms with Crippen molar-refractivity contribution in [3.05, 3.63) is 47.2 Å². The number of pyridine rings is 2. The average molecular weight is 332 g/mol. The van der Waals surface area contributed by atoms with Gasteiger partial charge in [0.05, 0.1) is 6.54 Å². The fraction of sp³-hybridized carbons (Fsp3) is 0.250. The molecule has 1 fully saturated rings. The van der Waals surface area contributed by atoms with Gasteiger partial charge in [-0.05, 0) is 17.5 Å². The van der Waals surface area contributed by atoms with Gasteiger partial charge in [0.2, 0.25) is 0 Å². The second-order valence-electron chi connectivity index (χ2n) is 5.25. The van der Waals surface area contributed by atoms with Crippen LogP contribution >= 0.6 is 22.9 Å². The molecule has 1 aliphatic heterocycles. The van der Waals surface area contributed by atoms with Gasteiger partial charge in [0.25, 0.3) is 0 Å². The maximum atomic E-state index is 6.11. The predicted molar refractivity (Wildman–Crippen MR) is 90.1 cm³/mol. The first kappa shape index (κ1) is 13.8. The van der Waals surface area contributed by atoms with E-state index >= 15 is 0 Å². The molecule has 0 saturated carbocycles.